The number of rotatable bonds is 31. The van der Waals surface area contributed by atoms with Gasteiger partial charge in [0.1, 0.15) is 0 Å². The van der Waals surface area contributed by atoms with Crippen molar-refractivity contribution in [3.05, 3.63) is 0 Å². The summed E-state index contributed by atoms with van der Waals surface area (Å²) < 4.78 is 389. The number of hydrogen-bond acceptors (Lipinski definition) is 14. The van der Waals surface area contributed by atoms with Crippen molar-refractivity contribution in [2.24, 2.45) is 0 Å². The number of halogens is 18. The SMILES string of the molecule is CC[Si](C)(CCCC(S(=O)(=O)C(F)(F)F)S(=O)(=O)C(F)(F)F)CC[Si](C)(C)O[Si](C)(CCCC(S(=O)(=O)C(F)(F)F)S(=O)(=O)C(F)(F)F)O[Si](C)(C)CC[Si](C)(C)C[SiH](C)CCCC(S(=O)(=O)C(F)(F)F)S(=O)(=O)C(F)(F)F. The van der Waals surface area contributed by atoms with Crippen LogP contribution < -0.4 is 0 Å². The summed E-state index contributed by atoms with van der Waals surface area (Å²) >= 11 is 0. The van der Waals surface area contributed by atoms with Crippen molar-refractivity contribution in [1.29, 1.82) is 0 Å². The van der Waals surface area contributed by atoms with Gasteiger partial charge in [0.05, 0.1) is 0 Å². The summed E-state index contributed by atoms with van der Waals surface area (Å²) in [5.41, 5.74) is -38.1. The molecule has 0 aromatic heterocycles. The van der Waals surface area contributed by atoms with Crippen molar-refractivity contribution in [2.45, 2.75) is 205 Å². The summed E-state index contributed by atoms with van der Waals surface area (Å²) in [4.78, 5) is 0. The third-order valence-electron chi connectivity index (χ3n) is 12.9. The van der Waals surface area contributed by atoms with Gasteiger partial charge in [-0.1, -0.05) is 81.8 Å². The molecule has 0 amide bonds. The quantitative estimate of drug-likeness (QED) is 0.0465. The Labute approximate surface area is 449 Å². The Kier molecular flexibility index (Phi) is 25.6. The van der Waals surface area contributed by atoms with Gasteiger partial charge in [0, 0.05) is 24.9 Å². The molecule has 0 fully saturated rings. The molecule has 0 saturated carbocycles. The summed E-state index contributed by atoms with van der Waals surface area (Å²) in [7, 11) is -60.2. The van der Waals surface area contributed by atoms with Crippen molar-refractivity contribution < 1.29 is 138 Å². The molecule has 3 atom stereocenters. The summed E-state index contributed by atoms with van der Waals surface area (Å²) in [6, 6.07) is -0.249. The Morgan fingerprint density at radius 1 is 0.385 bits per heavy atom. The molecule has 0 aliphatic carbocycles. The minimum Gasteiger partial charge on any atom is -0.436 e. The topological polar surface area (TPSA) is 223 Å². The molecule has 0 aliphatic heterocycles. The molecule has 0 heterocycles. The van der Waals surface area contributed by atoms with Crippen LogP contribution in [-0.4, -0.2) is 147 Å². The predicted molar refractivity (Wildman–Crippen MR) is 269 cm³/mol. The molecule has 14 nitrogen and oxygen atoms in total. The molecule has 0 aromatic rings. The average molecular weight is 1400 g/mol. The summed E-state index contributed by atoms with van der Waals surface area (Å²) in [6.45, 7) is 15.9. The molecular formula is C34H64F18O14S6Si6. The molecule has 0 spiro atoms. The molecule has 0 N–H and O–H groups in total. The summed E-state index contributed by atoms with van der Waals surface area (Å²) in [5, 5.41) is 0. The van der Waals surface area contributed by atoms with E-state index in [1.165, 1.54) is 19.6 Å². The first kappa shape index (κ1) is 77.7. The molecule has 0 radical (unpaired) electrons. The van der Waals surface area contributed by atoms with Gasteiger partial charge in [-0.2, -0.15) is 79.0 Å². The summed E-state index contributed by atoms with van der Waals surface area (Å²) in [5.74, 6) is 0. The second-order valence-corrected chi connectivity index (χ2v) is 62.1. The number of alkyl halides is 18. The minimum absolute atomic E-state index is 0.0175. The second kappa shape index (κ2) is 25.7. The Balaban J connectivity index is 6.95. The van der Waals surface area contributed by atoms with E-state index in [1.54, 1.807) is 46.2 Å². The molecule has 0 aliphatic rings. The van der Waals surface area contributed by atoms with Gasteiger partial charge in [-0.05, 0) is 76.6 Å². The molecule has 0 aromatic carbocycles. The smallest absolute Gasteiger partial charge is 0.436 e. The normalized spacial score (nSPS) is 17.4. The molecular weight excluding hydrogens is 1340 g/mol. The maximum absolute atomic E-state index is 13.6. The first-order valence-corrected chi connectivity index (χ1v) is 50.4. The van der Waals surface area contributed by atoms with Crippen LogP contribution in [0.3, 0.4) is 0 Å². The van der Waals surface area contributed by atoms with Gasteiger partial charge < -0.3 is 8.23 Å². The molecule has 0 bridgehead atoms. The van der Waals surface area contributed by atoms with E-state index in [2.05, 4.69) is 0 Å². The van der Waals surface area contributed by atoms with Gasteiger partial charge in [-0.3, -0.25) is 0 Å². The number of hydrogen-bond donors (Lipinski definition) is 0. The van der Waals surface area contributed by atoms with E-state index in [0.717, 1.165) is 0 Å². The standard InChI is InChI=1S/C34H64F18O14S6Si6/c1-11-77(9,19-13-16-27(69(57,58)31(41,42)43)70(59,60)32(44,45)46)24-23-76(7,8)66-78(10,20-14-17-28(71(61,62)33(47,48)49)72(63,64)34(50,51)52)65-75(5,6)22-21-74(3,4)25-73(2)18-12-15-26(67(53,54)29(35,36)37)68(55,56)30(38,39)40/h26-28,73H,11-25H2,1-10H3. The van der Waals surface area contributed by atoms with Gasteiger partial charge in [-0.25, -0.2) is 50.5 Å². The van der Waals surface area contributed by atoms with Crippen LogP contribution in [0.15, 0.2) is 0 Å². The van der Waals surface area contributed by atoms with Crippen LogP contribution in [0.5, 0.6) is 0 Å². The van der Waals surface area contributed by atoms with Crippen LogP contribution >= 0.6 is 0 Å². The van der Waals surface area contributed by atoms with Crippen LogP contribution in [0, 0.1) is 0 Å². The molecule has 3 unspecified atom stereocenters. The zero-order valence-corrected chi connectivity index (χ0v) is 54.4. The average Bonchev–Trinajstić information content (AvgIpc) is 3.17. The third-order valence-corrected chi connectivity index (χ3v) is 54.9. The lowest BCUT2D eigenvalue weighted by Crippen LogP contribution is -2.55. The van der Waals surface area contributed by atoms with E-state index in [-0.39, 0.29) is 36.3 Å². The maximum Gasteiger partial charge on any atom is 0.498 e. The lowest BCUT2D eigenvalue weighted by Gasteiger charge is -2.42. The van der Waals surface area contributed by atoms with Gasteiger partial charge >= 0.3 is 41.6 Å². The van der Waals surface area contributed by atoms with E-state index in [1.807, 2.05) is 0 Å². The molecule has 0 saturated heterocycles. The fourth-order valence-electron chi connectivity index (χ4n) is 8.51. The van der Waals surface area contributed by atoms with Gasteiger partial charge in [0.25, 0.3) is 59.0 Å². The highest BCUT2D eigenvalue weighted by atomic mass is 32.3. The van der Waals surface area contributed by atoms with E-state index in [4.69, 9.17) is 8.23 Å². The fraction of sp³-hybridized carbons (Fsp3) is 1.00. The fourth-order valence-corrected chi connectivity index (χ4v) is 53.6. The monoisotopic (exact) mass is 1400 g/mol. The highest BCUT2D eigenvalue weighted by Gasteiger charge is 2.65. The number of sulfone groups is 6. The van der Waals surface area contributed by atoms with Gasteiger partial charge in [0.15, 0.2) is 30.4 Å². The van der Waals surface area contributed by atoms with Crippen molar-refractivity contribution >= 4 is 109 Å². The Morgan fingerprint density at radius 2 is 0.641 bits per heavy atom. The van der Waals surface area contributed by atoms with Crippen LogP contribution in [0.25, 0.3) is 0 Å². The zero-order valence-electron chi connectivity index (χ0n) is 43.4. The first-order chi connectivity index (χ1) is 33.8. The van der Waals surface area contributed by atoms with Crippen LogP contribution in [0.1, 0.15) is 45.4 Å². The highest BCUT2D eigenvalue weighted by Crippen LogP contribution is 2.43. The lowest BCUT2D eigenvalue weighted by atomic mass is 10.4. The van der Waals surface area contributed by atoms with Gasteiger partial charge in [-0.15, -0.1) is 0 Å². The van der Waals surface area contributed by atoms with E-state index in [0.29, 0.717) is 11.7 Å². The van der Waals surface area contributed by atoms with Crippen molar-refractivity contribution in [3.8, 4) is 0 Å². The van der Waals surface area contributed by atoms with Crippen molar-refractivity contribution in [1.82, 2.24) is 0 Å². The molecule has 470 valence electrons. The van der Waals surface area contributed by atoms with Gasteiger partial charge in [0.2, 0.25) is 0 Å². The predicted octanol–water partition coefficient (Wildman–Crippen LogP) is 11.6. The Bertz CT molecular complexity index is 2590. The molecule has 78 heavy (non-hydrogen) atoms. The van der Waals surface area contributed by atoms with E-state index >= 15 is 0 Å². The first-order valence-electron chi connectivity index (χ1n) is 23.0. The highest BCUT2D eigenvalue weighted by molar-refractivity contribution is 8.10. The lowest BCUT2D eigenvalue weighted by molar-refractivity contribution is -0.0484. The van der Waals surface area contributed by atoms with E-state index in [9.17, 15) is 130 Å². The largest absolute Gasteiger partial charge is 0.498 e. The van der Waals surface area contributed by atoms with Crippen LogP contribution in [-0.2, 0) is 67.3 Å². The Hall–Kier alpha value is -0.339. The third kappa shape index (κ3) is 20.4. The van der Waals surface area contributed by atoms with E-state index < -0.39 is 201 Å². The minimum atomic E-state index is -7.08. The molecule has 0 rings (SSSR count). The maximum atomic E-state index is 13.6. The van der Waals surface area contributed by atoms with Crippen LogP contribution in [0.4, 0.5) is 79.0 Å². The zero-order chi connectivity index (χ0) is 62.8. The Morgan fingerprint density at radius 3 is 0.910 bits per heavy atom. The molecule has 44 heteroatoms. The van der Waals surface area contributed by atoms with Crippen LogP contribution in [0.2, 0.25) is 113 Å². The summed E-state index contributed by atoms with van der Waals surface area (Å²) in [6.07, 6.45) is -7.41. The van der Waals surface area contributed by atoms with Crippen molar-refractivity contribution in [3.63, 3.8) is 0 Å². The second-order valence-electron chi connectivity index (χ2n) is 21.4. The van der Waals surface area contributed by atoms with Crippen molar-refractivity contribution in [2.75, 3.05) is 0 Å².